The number of hydrogen-bond donors (Lipinski definition) is 1. The molecule has 0 aliphatic heterocycles. The van der Waals surface area contributed by atoms with E-state index in [2.05, 4.69) is 15.6 Å². The van der Waals surface area contributed by atoms with Crippen LogP contribution in [0.25, 0.3) is 11.0 Å². The lowest BCUT2D eigenvalue weighted by Crippen LogP contribution is -2.05. The van der Waals surface area contributed by atoms with E-state index in [9.17, 15) is 0 Å². The molecule has 1 aromatic carbocycles. The van der Waals surface area contributed by atoms with Gasteiger partial charge >= 0.3 is 0 Å². The number of imidazole rings is 1. The summed E-state index contributed by atoms with van der Waals surface area (Å²) in [5, 5.41) is 9.10. The van der Waals surface area contributed by atoms with E-state index in [1.54, 1.807) is 6.07 Å². The Hall–Kier alpha value is -1.64. The second-order valence-corrected chi connectivity index (χ2v) is 5.41. The molecule has 4 nitrogen and oxygen atoms in total. The van der Waals surface area contributed by atoms with E-state index < -0.39 is 0 Å². The minimum absolute atomic E-state index is 0.281. The van der Waals surface area contributed by atoms with Crippen LogP contribution in [0.3, 0.4) is 0 Å². The molecule has 0 saturated heterocycles. The second kappa shape index (κ2) is 6.69. The van der Waals surface area contributed by atoms with E-state index in [-0.39, 0.29) is 6.10 Å². The van der Waals surface area contributed by atoms with E-state index in [1.165, 1.54) is 0 Å². The van der Waals surface area contributed by atoms with Crippen molar-refractivity contribution in [3.8, 4) is 6.07 Å². The van der Waals surface area contributed by atoms with E-state index >= 15 is 0 Å². The van der Waals surface area contributed by atoms with Crippen molar-refractivity contribution in [1.82, 2.24) is 9.55 Å². The molecule has 0 atom stereocenters. The quantitative estimate of drug-likeness (QED) is 0.650. The summed E-state index contributed by atoms with van der Waals surface area (Å²) in [6.45, 7) is 5.70. The zero-order chi connectivity index (χ0) is 14.5. The fourth-order valence-corrected chi connectivity index (χ4v) is 2.48. The maximum Gasteiger partial charge on any atom is 0.178 e. The highest BCUT2D eigenvalue weighted by Gasteiger charge is 2.07. The van der Waals surface area contributed by atoms with Gasteiger partial charge < -0.3 is 14.3 Å². The van der Waals surface area contributed by atoms with Crippen molar-refractivity contribution in [3.63, 3.8) is 0 Å². The van der Waals surface area contributed by atoms with E-state index in [0.717, 1.165) is 37.0 Å². The predicted molar refractivity (Wildman–Crippen MR) is 82.2 cm³/mol. The second-order valence-electron chi connectivity index (χ2n) is 5.02. The monoisotopic (exact) mass is 289 g/mol. The number of hydrogen-bond acceptors (Lipinski definition) is 3. The Balaban J connectivity index is 2.09. The fourth-order valence-electron chi connectivity index (χ4n) is 2.19. The first-order chi connectivity index (χ1) is 9.63. The summed E-state index contributed by atoms with van der Waals surface area (Å²) in [5.41, 5.74) is 2.47. The summed E-state index contributed by atoms with van der Waals surface area (Å²) < 4.78 is 8.26. The number of aromatic nitrogens is 2. The largest absolute Gasteiger partial charge is 0.379 e. The summed E-state index contributed by atoms with van der Waals surface area (Å²) in [4.78, 5) is 3.13. The highest BCUT2D eigenvalue weighted by Crippen LogP contribution is 2.18. The fraction of sp³-hybridized carbons (Fsp3) is 0.467. The molecule has 5 heteroatoms. The summed E-state index contributed by atoms with van der Waals surface area (Å²) in [5.74, 6) is 0. The first-order valence-electron chi connectivity index (χ1n) is 6.86. The van der Waals surface area contributed by atoms with Crippen molar-refractivity contribution in [1.29, 1.82) is 5.26 Å². The predicted octanol–water partition coefficient (Wildman–Crippen LogP) is 3.78. The molecule has 2 rings (SSSR count). The van der Waals surface area contributed by atoms with Gasteiger partial charge in [-0.15, -0.1) is 0 Å². The molecule has 0 unspecified atom stereocenters. The van der Waals surface area contributed by atoms with Crippen molar-refractivity contribution in [3.05, 3.63) is 28.5 Å². The molecule has 20 heavy (non-hydrogen) atoms. The van der Waals surface area contributed by atoms with Gasteiger partial charge in [-0.3, -0.25) is 0 Å². The van der Waals surface area contributed by atoms with Gasteiger partial charge in [-0.2, -0.15) is 5.26 Å². The van der Waals surface area contributed by atoms with Crippen molar-refractivity contribution in [2.75, 3.05) is 6.61 Å². The van der Waals surface area contributed by atoms with Crippen LogP contribution in [0, 0.1) is 16.1 Å². The zero-order valence-corrected chi connectivity index (χ0v) is 12.7. The van der Waals surface area contributed by atoms with Crippen molar-refractivity contribution < 1.29 is 4.74 Å². The van der Waals surface area contributed by atoms with Crippen LogP contribution in [0.15, 0.2) is 18.2 Å². The first-order valence-corrected chi connectivity index (χ1v) is 7.27. The number of benzene rings is 1. The van der Waals surface area contributed by atoms with Crippen LogP contribution in [-0.2, 0) is 11.3 Å². The molecule has 0 aliphatic carbocycles. The Morgan fingerprint density at radius 2 is 2.20 bits per heavy atom. The summed E-state index contributed by atoms with van der Waals surface area (Å²) >= 11 is 5.35. The number of para-hydroxylation sites is 1. The minimum atomic E-state index is 0.281. The van der Waals surface area contributed by atoms with Crippen LogP contribution in [0.1, 0.15) is 32.3 Å². The number of fused-ring (bicyclic) bond motifs is 1. The summed E-state index contributed by atoms with van der Waals surface area (Å²) in [6.07, 6.45) is 2.29. The average molecular weight is 289 g/mol. The number of aromatic amines is 1. The molecule has 1 N–H and O–H groups in total. The number of unbranched alkanes of at least 4 members (excludes halogenated alkanes) is 1. The maximum atomic E-state index is 9.10. The van der Waals surface area contributed by atoms with Gasteiger partial charge in [0.25, 0.3) is 0 Å². The van der Waals surface area contributed by atoms with Crippen LogP contribution < -0.4 is 0 Å². The third kappa shape index (κ3) is 3.27. The molecule has 1 heterocycles. The normalized spacial score (nSPS) is 11.1. The highest BCUT2D eigenvalue weighted by atomic mass is 32.1. The number of nitrogens with zero attached hydrogens (tertiary/aromatic N) is 2. The van der Waals surface area contributed by atoms with Crippen LogP contribution in [0.4, 0.5) is 0 Å². The van der Waals surface area contributed by atoms with Gasteiger partial charge in [-0.05, 0) is 51.0 Å². The van der Waals surface area contributed by atoms with E-state index in [4.69, 9.17) is 22.2 Å². The number of aryl methyl sites for hydroxylation is 1. The highest BCUT2D eigenvalue weighted by molar-refractivity contribution is 7.71. The number of H-pyrrole nitrogens is 1. The molecule has 0 aliphatic rings. The molecule has 106 valence electrons. The summed E-state index contributed by atoms with van der Waals surface area (Å²) in [6, 6.07) is 7.87. The van der Waals surface area contributed by atoms with Gasteiger partial charge in [-0.1, -0.05) is 6.07 Å². The Morgan fingerprint density at radius 1 is 1.40 bits per heavy atom. The molecule has 2 aromatic rings. The number of rotatable bonds is 6. The topological polar surface area (TPSA) is 53.7 Å². The molecular formula is C15H19N3OS. The van der Waals surface area contributed by atoms with Crippen molar-refractivity contribution in [2.24, 2.45) is 0 Å². The first kappa shape index (κ1) is 14.8. The molecule has 0 fully saturated rings. The van der Waals surface area contributed by atoms with Crippen LogP contribution in [0.5, 0.6) is 0 Å². The molecule has 0 saturated carbocycles. The Morgan fingerprint density at radius 3 is 2.90 bits per heavy atom. The van der Waals surface area contributed by atoms with Gasteiger partial charge in [0.05, 0.1) is 22.7 Å². The summed E-state index contributed by atoms with van der Waals surface area (Å²) in [7, 11) is 0. The lowest BCUT2D eigenvalue weighted by molar-refractivity contribution is 0.0755. The number of nitrogens with one attached hydrogen (secondary N) is 1. The van der Waals surface area contributed by atoms with Gasteiger partial charge in [0.2, 0.25) is 0 Å². The van der Waals surface area contributed by atoms with Crippen molar-refractivity contribution >= 4 is 23.3 Å². The Kier molecular flexibility index (Phi) is 4.94. The lowest BCUT2D eigenvalue weighted by atomic mass is 10.2. The molecule has 1 aromatic heterocycles. The third-order valence-electron chi connectivity index (χ3n) is 3.16. The molecular weight excluding hydrogens is 270 g/mol. The van der Waals surface area contributed by atoms with Gasteiger partial charge in [0.1, 0.15) is 6.07 Å². The standard InChI is InChI=1S/C15H19N3OS/c1-11(2)19-9-4-3-8-18-13-7-5-6-12(10-16)14(13)17-15(18)20/h5-7,11H,3-4,8-9H2,1-2H3,(H,17,20). The SMILES string of the molecule is CC(C)OCCCCn1c(=S)[nH]c2c(C#N)cccc21. The maximum absolute atomic E-state index is 9.10. The van der Waals surface area contributed by atoms with Crippen LogP contribution in [-0.4, -0.2) is 22.3 Å². The third-order valence-corrected chi connectivity index (χ3v) is 3.48. The average Bonchev–Trinajstić information content (AvgIpc) is 2.74. The molecule has 0 amide bonds. The molecule has 0 spiro atoms. The van der Waals surface area contributed by atoms with Gasteiger partial charge in [-0.25, -0.2) is 0 Å². The lowest BCUT2D eigenvalue weighted by Gasteiger charge is -2.08. The van der Waals surface area contributed by atoms with Gasteiger partial charge in [0, 0.05) is 13.2 Å². The van der Waals surface area contributed by atoms with Gasteiger partial charge in [0.15, 0.2) is 4.77 Å². The molecule has 0 bridgehead atoms. The Bertz CT molecular complexity index is 678. The van der Waals surface area contributed by atoms with Crippen molar-refractivity contribution in [2.45, 2.75) is 39.3 Å². The Labute approximate surface area is 124 Å². The minimum Gasteiger partial charge on any atom is -0.379 e. The van der Waals surface area contributed by atoms with Crippen LogP contribution >= 0.6 is 12.2 Å². The number of ether oxygens (including phenoxy) is 1. The van der Waals surface area contributed by atoms with E-state index in [1.807, 2.05) is 26.0 Å². The van der Waals surface area contributed by atoms with E-state index in [0.29, 0.717) is 10.3 Å². The smallest absolute Gasteiger partial charge is 0.178 e. The molecule has 0 radical (unpaired) electrons. The number of nitriles is 1. The van der Waals surface area contributed by atoms with Crippen LogP contribution in [0.2, 0.25) is 0 Å². The zero-order valence-electron chi connectivity index (χ0n) is 11.8.